The van der Waals surface area contributed by atoms with E-state index in [-0.39, 0.29) is 5.91 Å². The van der Waals surface area contributed by atoms with Crippen LogP contribution in [0.25, 0.3) is 0 Å². The van der Waals surface area contributed by atoms with E-state index >= 15 is 0 Å². The lowest BCUT2D eigenvalue weighted by Gasteiger charge is -2.22. The summed E-state index contributed by atoms with van der Waals surface area (Å²) in [6.07, 6.45) is 3.71. The Morgan fingerprint density at radius 1 is 1.67 bits per heavy atom. The van der Waals surface area contributed by atoms with Crippen LogP contribution in [0.4, 0.5) is 0 Å². The molecule has 0 aromatic rings. The molecule has 0 aliphatic carbocycles. The van der Waals surface area contributed by atoms with Crippen molar-refractivity contribution in [3.05, 3.63) is 0 Å². The number of hydrogen-bond acceptors (Lipinski definition) is 2. The van der Waals surface area contributed by atoms with Gasteiger partial charge in [0.2, 0.25) is 5.91 Å². The van der Waals surface area contributed by atoms with E-state index in [4.69, 9.17) is 0 Å². The Morgan fingerprint density at radius 3 is 3.08 bits per heavy atom. The number of nitrogens with one attached hydrogen (secondary N) is 2. The van der Waals surface area contributed by atoms with Crippen molar-refractivity contribution in [2.45, 2.75) is 26.2 Å². The molecular formula is C9H18N2O. The third kappa shape index (κ3) is 3.72. The molecule has 1 aliphatic heterocycles. The lowest BCUT2D eigenvalue weighted by molar-refractivity contribution is -0.119. The highest BCUT2D eigenvalue weighted by Crippen LogP contribution is 2.12. The summed E-state index contributed by atoms with van der Waals surface area (Å²) < 4.78 is 0. The topological polar surface area (TPSA) is 41.1 Å². The summed E-state index contributed by atoms with van der Waals surface area (Å²) in [5.74, 6) is 0.851. The number of hydrogen-bond donors (Lipinski definition) is 2. The minimum absolute atomic E-state index is 0.0822. The Kier molecular flexibility index (Phi) is 4.08. The highest BCUT2D eigenvalue weighted by molar-refractivity contribution is 5.72. The number of carbonyl (C=O) groups excluding carboxylic acids is 1. The first-order valence-electron chi connectivity index (χ1n) is 4.74. The molecule has 2 N–H and O–H groups in total. The normalized spacial score (nSPS) is 23.6. The van der Waals surface area contributed by atoms with Gasteiger partial charge >= 0.3 is 0 Å². The summed E-state index contributed by atoms with van der Waals surface area (Å²) in [7, 11) is 0. The molecule has 3 nitrogen and oxygen atoms in total. The number of carbonyl (C=O) groups is 1. The van der Waals surface area contributed by atoms with Gasteiger partial charge in [0.15, 0.2) is 0 Å². The van der Waals surface area contributed by atoms with Crippen molar-refractivity contribution in [1.29, 1.82) is 0 Å². The predicted molar refractivity (Wildman–Crippen MR) is 48.9 cm³/mol. The fraction of sp³-hybridized carbons (Fsp3) is 0.889. The Balaban J connectivity index is 2.01. The fourth-order valence-corrected chi connectivity index (χ4v) is 1.62. The average Bonchev–Trinajstić information content (AvgIpc) is 2.05. The molecule has 1 aliphatic rings. The second-order valence-electron chi connectivity index (χ2n) is 3.48. The zero-order chi connectivity index (χ0) is 8.81. The first kappa shape index (κ1) is 9.52. The summed E-state index contributed by atoms with van der Waals surface area (Å²) in [5, 5.41) is 6.19. The van der Waals surface area contributed by atoms with Crippen LogP contribution in [-0.4, -0.2) is 25.5 Å². The maximum Gasteiger partial charge on any atom is 0.216 e. The van der Waals surface area contributed by atoms with Gasteiger partial charge in [0.05, 0.1) is 0 Å². The monoisotopic (exact) mass is 170 g/mol. The van der Waals surface area contributed by atoms with E-state index in [9.17, 15) is 4.79 Å². The van der Waals surface area contributed by atoms with E-state index in [2.05, 4.69) is 10.6 Å². The largest absolute Gasteiger partial charge is 0.356 e. The molecule has 0 spiro atoms. The number of piperidine rings is 1. The molecule has 3 heteroatoms. The van der Waals surface area contributed by atoms with Gasteiger partial charge in [-0.3, -0.25) is 4.79 Å². The van der Waals surface area contributed by atoms with E-state index in [0.717, 1.165) is 32.0 Å². The van der Waals surface area contributed by atoms with Crippen molar-refractivity contribution in [2.75, 3.05) is 19.6 Å². The van der Waals surface area contributed by atoms with Crippen LogP contribution in [0, 0.1) is 5.92 Å². The molecule has 70 valence electrons. The Morgan fingerprint density at radius 2 is 2.50 bits per heavy atom. The summed E-state index contributed by atoms with van der Waals surface area (Å²) in [5.41, 5.74) is 0. The standard InChI is InChI=1S/C9H18N2O/c1-8(12)11-6-4-9-3-2-5-10-7-9/h9-10H,2-7H2,1H3,(H,11,12)/t9-/m0/s1. The molecule has 12 heavy (non-hydrogen) atoms. The van der Waals surface area contributed by atoms with Gasteiger partial charge < -0.3 is 10.6 Å². The second-order valence-corrected chi connectivity index (χ2v) is 3.48. The van der Waals surface area contributed by atoms with Gasteiger partial charge in [-0.25, -0.2) is 0 Å². The van der Waals surface area contributed by atoms with Gasteiger partial charge in [-0.1, -0.05) is 0 Å². The Labute approximate surface area is 73.9 Å². The van der Waals surface area contributed by atoms with Crippen molar-refractivity contribution in [3.63, 3.8) is 0 Å². The van der Waals surface area contributed by atoms with Gasteiger partial charge in [-0.15, -0.1) is 0 Å². The smallest absolute Gasteiger partial charge is 0.216 e. The van der Waals surface area contributed by atoms with Gasteiger partial charge in [0.25, 0.3) is 0 Å². The number of amides is 1. The van der Waals surface area contributed by atoms with Crippen LogP contribution < -0.4 is 10.6 Å². The maximum absolute atomic E-state index is 10.6. The first-order chi connectivity index (χ1) is 5.79. The van der Waals surface area contributed by atoms with Crippen LogP contribution in [-0.2, 0) is 4.79 Å². The molecule has 1 rings (SSSR count). The van der Waals surface area contributed by atoms with Crippen LogP contribution in [0.1, 0.15) is 26.2 Å². The van der Waals surface area contributed by atoms with Crippen LogP contribution in [0.3, 0.4) is 0 Å². The van der Waals surface area contributed by atoms with Gasteiger partial charge in [0, 0.05) is 13.5 Å². The van der Waals surface area contributed by atoms with Gasteiger partial charge in [0.1, 0.15) is 0 Å². The van der Waals surface area contributed by atoms with E-state index in [1.54, 1.807) is 6.92 Å². The van der Waals surface area contributed by atoms with Gasteiger partial charge in [-0.05, 0) is 38.3 Å². The molecule has 0 bridgehead atoms. The summed E-state index contributed by atoms with van der Waals surface area (Å²) in [6, 6.07) is 0. The summed E-state index contributed by atoms with van der Waals surface area (Å²) >= 11 is 0. The molecule has 0 saturated carbocycles. The van der Waals surface area contributed by atoms with Crippen LogP contribution in [0.15, 0.2) is 0 Å². The molecule has 1 saturated heterocycles. The van der Waals surface area contributed by atoms with Crippen molar-refractivity contribution < 1.29 is 4.79 Å². The third-order valence-electron chi connectivity index (χ3n) is 2.33. The minimum Gasteiger partial charge on any atom is -0.356 e. The minimum atomic E-state index is 0.0822. The molecule has 1 atom stereocenters. The predicted octanol–water partition coefficient (Wildman–Crippen LogP) is 0.512. The van der Waals surface area contributed by atoms with Crippen LogP contribution >= 0.6 is 0 Å². The van der Waals surface area contributed by atoms with Gasteiger partial charge in [-0.2, -0.15) is 0 Å². The molecule has 1 heterocycles. The highest BCUT2D eigenvalue weighted by Gasteiger charge is 2.11. The van der Waals surface area contributed by atoms with Crippen LogP contribution in [0.5, 0.6) is 0 Å². The molecule has 0 aromatic carbocycles. The Hall–Kier alpha value is -0.570. The zero-order valence-electron chi connectivity index (χ0n) is 7.73. The number of rotatable bonds is 3. The first-order valence-corrected chi connectivity index (χ1v) is 4.74. The fourth-order valence-electron chi connectivity index (χ4n) is 1.62. The molecular weight excluding hydrogens is 152 g/mol. The van der Waals surface area contributed by atoms with Crippen LogP contribution in [0.2, 0.25) is 0 Å². The Bertz CT molecular complexity index is 141. The SMILES string of the molecule is CC(=O)NCC[C@@H]1CCCNC1. The maximum atomic E-state index is 10.6. The lowest BCUT2D eigenvalue weighted by atomic mass is 9.96. The van der Waals surface area contributed by atoms with Crippen molar-refractivity contribution in [3.8, 4) is 0 Å². The van der Waals surface area contributed by atoms with E-state index < -0.39 is 0 Å². The lowest BCUT2D eigenvalue weighted by Crippen LogP contribution is -2.32. The summed E-state index contributed by atoms with van der Waals surface area (Å²) in [4.78, 5) is 10.6. The highest BCUT2D eigenvalue weighted by atomic mass is 16.1. The summed E-state index contributed by atoms with van der Waals surface area (Å²) in [6.45, 7) is 4.69. The zero-order valence-corrected chi connectivity index (χ0v) is 7.73. The third-order valence-corrected chi connectivity index (χ3v) is 2.33. The van der Waals surface area contributed by atoms with E-state index in [1.165, 1.54) is 12.8 Å². The van der Waals surface area contributed by atoms with E-state index in [1.807, 2.05) is 0 Å². The molecule has 1 fully saturated rings. The molecule has 1 amide bonds. The second kappa shape index (κ2) is 5.14. The van der Waals surface area contributed by atoms with Crippen molar-refractivity contribution in [1.82, 2.24) is 10.6 Å². The molecule has 0 radical (unpaired) electrons. The molecule has 0 unspecified atom stereocenters. The van der Waals surface area contributed by atoms with Crippen molar-refractivity contribution in [2.24, 2.45) is 5.92 Å². The quantitative estimate of drug-likeness (QED) is 0.648. The van der Waals surface area contributed by atoms with Crippen molar-refractivity contribution >= 4 is 5.91 Å². The molecule has 0 aromatic heterocycles. The average molecular weight is 170 g/mol. The van der Waals surface area contributed by atoms with E-state index in [0.29, 0.717) is 0 Å².